The molecule has 1 saturated carbocycles. The van der Waals surface area contributed by atoms with Gasteiger partial charge in [0.05, 0.1) is 0 Å². The number of rotatable bonds is 5. The predicted molar refractivity (Wildman–Crippen MR) is 80.3 cm³/mol. The van der Waals surface area contributed by atoms with Crippen LogP contribution in [0.4, 0.5) is 0 Å². The van der Waals surface area contributed by atoms with Gasteiger partial charge in [0.25, 0.3) is 0 Å². The summed E-state index contributed by atoms with van der Waals surface area (Å²) in [5.41, 5.74) is 2.37. The molecule has 1 fully saturated rings. The second kappa shape index (κ2) is 6.10. The van der Waals surface area contributed by atoms with Crippen LogP contribution in [0.3, 0.4) is 0 Å². The highest BCUT2D eigenvalue weighted by Crippen LogP contribution is 2.25. The molecule has 0 atom stereocenters. The van der Waals surface area contributed by atoms with Crippen molar-refractivity contribution in [3.63, 3.8) is 0 Å². The molecule has 1 aromatic rings. The third kappa shape index (κ3) is 4.01. The van der Waals surface area contributed by atoms with Crippen molar-refractivity contribution in [1.82, 2.24) is 5.32 Å². The average Bonchev–Trinajstić information content (AvgIpc) is 3.12. The summed E-state index contributed by atoms with van der Waals surface area (Å²) in [6.45, 7) is 5.35. The molecule has 0 radical (unpaired) electrons. The van der Waals surface area contributed by atoms with Gasteiger partial charge in [-0.3, -0.25) is 0 Å². The molecule has 0 spiro atoms. The summed E-state index contributed by atoms with van der Waals surface area (Å²) in [6.07, 6.45) is 4.78. The first-order valence-corrected chi connectivity index (χ1v) is 7.20. The van der Waals surface area contributed by atoms with Crippen LogP contribution in [-0.4, -0.2) is 12.6 Å². The number of nitrogens with one attached hydrogen (secondary N) is 1. The Morgan fingerprint density at radius 1 is 1.39 bits per heavy atom. The second-order valence-corrected chi connectivity index (χ2v) is 6.04. The van der Waals surface area contributed by atoms with Crippen LogP contribution in [0.2, 0.25) is 10.0 Å². The Kier molecular flexibility index (Phi) is 4.71. The van der Waals surface area contributed by atoms with Crippen LogP contribution in [0.1, 0.15) is 32.3 Å². The van der Waals surface area contributed by atoms with Crippen molar-refractivity contribution in [3.05, 3.63) is 39.4 Å². The lowest BCUT2D eigenvalue weighted by Crippen LogP contribution is -2.21. The Morgan fingerprint density at radius 3 is 2.72 bits per heavy atom. The summed E-state index contributed by atoms with van der Waals surface area (Å²) >= 11 is 12.2. The summed E-state index contributed by atoms with van der Waals surface area (Å²) in [7, 11) is 0. The molecule has 2 rings (SSSR count). The zero-order chi connectivity index (χ0) is 13.1. The van der Waals surface area contributed by atoms with Gasteiger partial charge < -0.3 is 5.32 Å². The van der Waals surface area contributed by atoms with Crippen molar-refractivity contribution in [3.8, 4) is 0 Å². The molecule has 1 nitrogen and oxygen atoms in total. The lowest BCUT2D eigenvalue weighted by atomic mass is 10.00. The Morgan fingerprint density at radius 2 is 2.11 bits per heavy atom. The van der Waals surface area contributed by atoms with E-state index in [0.29, 0.717) is 5.92 Å². The van der Waals surface area contributed by atoms with Gasteiger partial charge in [0, 0.05) is 22.6 Å². The van der Waals surface area contributed by atoms with Gasteiger partial charge in [-0.15, -0.1) is 0 Å². The molecule has 98 valence electrons. The third-order valence-corrected chi connectivity index (χ3v) is 3.79. The molecule has 1 aliphatic rings. The van der Waals surface area contributed by atoms with E-state index in [0.717, 1.165) is 28.2 Å². The summed E-state index contributed by atoms with van der Waals surface area (Å²) in [4.78, 5) is 0. The van der Waals surface area contributed by atoms with E-state index in [9.17, 15) is 0 Å². The monoisotopic (exact) mass is 283 g/mol. The molecule has 0 saturated heterocycles. The topological polar surface area (TPSA) is 12.0 Å². The van der Waals surface area contributed by atoms with Crippen molar-refractivity contribution in [2.45, 2.75) is 32.7 Å². The van der Waals surface area contributed by atoms with E-state index in [4.69, 9.17) is 23.2 Å². The van der Waals surface area contributed by atoms with Gasteiger partial charge in [0.1, 0.15) is 0 Å². The van der Waals surface area contributed by atoms with Crippen LogP contribution in [0.15, 0.2) is 23.8 Å². The van der Waals surface area contributed by atoms with Crippen LogP contribution < -0.4 is 5.32 Å². The van der Waals surface area contributed by atoms with Crippen LogP contribution >= 0.6 is 23.2 Å². The number of hydrogen-bond acceptors (Lipinski definition) is 1. The van der Waals surface area contributed by atoms with Crippen LogP contribution in [-0.2, 0) is 0 Å². The Labute approximate surface area is 119 Å². The van der Waals surface area contributed by atoms with Crippen LogP contribution in [0.5, 0.6) is 0 Å². The van der Waals surface area contributed by atoms with E-state index in [-0.39, 0.29) is 0 Å². The van der Waals surface area contributed by atoms with Crippen LogP contribution in [0, 0.1) is 5.92 Å². The molecule has 1 N–H and O–H groups in total. The van der Waals surface area contributed by atoms with Crippen molar-refractivity contribution in [2.75, 3.05) is 6.54 Å². The molecule has 0 bridgehead atoms. The van der Waals surface area contributed by atoms with E-state index in [1.54, 1.807) is 0 Å². The highest BCUT2D eigenvalue weighted by molar-refractivity contribution is 6.34. The summed E-state index contributed by atoms with van der Waals surface area (Å²) in [6, 6.07) is 6.31. The normalized spacial score (nSPS) is 16.4. The molecule has 0 amide bonds. The summed E-state index contributed by atoms with van der Waals surface area (Å²) < 4.78 is 0. The van der Waals surface area contributed by atoms with Gasteiger partial charge >= 0.3 is 0 Å². The molecule has 0 aliphatic heterocycles. The lowest BCUT2D eigenvalue weighted by molar-refractivity contribution is 0.662. The first-order chi connectivity index (χ1) is 8.56. The maximum atomic E-state index is 6.20. The first-order valence-electron chi connectivity index (χ1n) is 6.45. The maximum Gasteiger partial charge on any atom is 0.0479 e. The first kappa shape index (κ1) is 13.9. The van der Waals surface area contributed by atoms with Gasteiger partial charge in [0.15, 0.2) is 0 Å². The zero-order valence-corrected chi connectivity index (χ0v) is 12.4. The quantitative estimate of drug-likeness (QED) is 0.820. The largest absolute Gasteiger partial charge is 0.310 e. The van der Waals surface area contributed by atoms with Gasteiger partial charge in [0.2, 0.25) is 0 Å². The van der Waals surface area contributed by atoms with Gasteiger partial charge in [-0.2, -0.15) is 0 Å². The van der Waals surface area contributed by atoms with E-state index in [1.165, 1.54) is 18.4 Å². The van der Waals surface area contributed by atoms with Gasteiger partial charge in [-0.25, -0.2) is 0 Å². The minimum Gasteiger partial charge on any atom is -0.310 e. The van der Waals surface area contributed by atoms with E-state index in [2.05, 4.69) is 25.2 Å². The molecule has 0 unspecified atom stereocenters. The lowest BCUT2D eigenvalue weighted by Gasteiger charge is -2.13. The van der Waals surface area contributed by atoms with Gasteiger partial charge in [-0.1, -0.05) is 48.7 Å². The zero-order valence-electron chi connectivity index (χ0n) is 10.8. The molecule has 1 aliphatic carbocycles. The van der Waals surface area contributed by atoms with Crippen molar-refractivity contribution >= 4 is 29.3 Å². The predicted octanol–water partition coefficient (Wildman–Crippen LogP) is 4.78. The average molecular weight is 284 g/mol. The third-order valence-electron chi connectivity index (χ3n) is 3.21. The molecular weight excluding hydrogens is 265 g/mol. The standard InChI is InChI=1S/C15H19Cl2N/c1-10(2)12(9-18-14-4-5-14)7-11-8-13(16)3-6-15(11)17/h3,6-8,10,14,18H,4-5,9H2,1-2H3/b12-7+. The van der Waals surface area contributed by atoms with Crippen molar-refractivity contribution in [1.29, 1.82) is 0 Å². The SMILES string of the molecule is CC(C)/C(=C/c1cc(Cl)ccc1Cl)CNC1CC1. The Balaban J connectivity index is 2.16. The highest BCUT2D eigenvalue weighted by Gasteiger charge is 2.20. The Hall–Kier alpha value is -0.500. The molecule has 1 aromatic carbocycles. The highest BCUT2D eigenvalue weighted by atomic mass is 35.5. The molecule has 0 aromatic heterocycles. The molecule has 18 heavy (non-hydrogen) atoms. The molecule has 0 heterocycles. The fourth-order valence-electron chi connectivity index (χ4n) is 1.80. The summed E-state index contributed by atoms with van der Waals surface area (Å²) in [5, 5.41) is 5.03. The van der Waals surface area contributed by atoms with Crippen LogP contribution in [0.25, 0.3) is 6.08 Å². The van der Waals surface area contributed by atoms with Gasteiger partial charge in [-0.05, 0) is 42.5 Å². The number of halogens is 2. The maximum absolute atomic E-state index is 6.20. The fraction of sp³-hybridized carbons (Fsp3) is 0.467. The minimum atomic E-state index is 0.506. The minimum absolute atomic E-state index is 0.506. The van der Waals surface area contributed by atoms with Crippen molar-refractivity contribution in [2.24, 2.45) is 5.92 Å². The van der Waals surface area contributed by atoms with Crippen molar-refractivity contribution < 1.29 is 0 Å². The summed E-state index contributed by atoms with van der Waals surface area (Å²) in [5.74, 6) is 0.506. The number of hydrogen-bond donors (Lipinski definition) is 1. The molecular formula is C15H19Cl2N. The van der Waals surface area contributed by atoms with E-state index in [1.807, 2.05) is 18.2 Å². The smallest absolute Gasteiger partial charge is 0.0479 e. The number of benzene rings is 1. The Bertz CT molecular complexity index is 448. The van der Waals surface area contributed by atoms with E-state index < -0.39 is 0 Å². The molecule has 3 heteroatoms. The second-order valence-electron chi connectivity index (χ2n) is 5.19. The van der Waals surface area contributed by atoms with E-state index >= 15 is 0 Å². The fourth-order valence-corrected chi connectivity index (χ4v) is 2.15.